The van der Waals surface area contributed by atoms with Crippen LogP contribution in [0.25, 0.3) is 0 Å². The summed E-state index contributed by atoms with van der Waals surface area (Å²) in [7, 11) is 0. The lowest BCUT2D eigenvalue weighted by Gasteiger charge is -2.25. The van der Waals surface area contributed by atoms with Crippen LogP contribution in [0.15, 0.2) is 24.3 Å². The lowest BCUT2D eigenvalue weighted by molar-refractivity contribution is -0.938. The SMILES string of the molecule is C[C@@H](C(=O)NC1CC1)[NH+](Cc1ccc(F)cc1)C1CC1. The quantitative estimate of drug-likeness (QED) is 0.800. The molecule has 0 radical (unpaired) electrons. The van der Waals surface area contributed by atoms with Crippen molar-refractivity contribution in [1.29, 1.82) is 0 Å². The van der Waals surface area contributed by atoms with Crippen LogP contribution < -0.4 is 10.2 Å². The summed E-state index contributed by atoms with van der Waals surface area (Å²) in [6, 6.07) is 7.60. The molecule has 2 saturated carbocycles. The van der Waals surface area contributed by atoms with Gasteiger partial charge in [0.1, 0.15) is 12.4 Å². The van der Waals surface area contributed by atoms with Gasteiger partial charge in [-0.15, -0.1) is 0 Å². The van der Waals surface area contributed by atoms with Crippen molar-refractivity contribution in [2.45, 2.75) is 57.3 Å². The number of amides is 1. The van der Waals surface area contributed by atoms with Gasteiger partial charge in [0.05, 0.1) is 6.04 Å². The molecule has 2 aliphatic rings. The van der Waals surface area contributed by atoms with E-state index in [-0.39, 0.29) is 17.8 Å². The van der Waals surface area contributed by atoms with Gasteiger partial charge in [-0.3, -0.25) is 4.79 Å². The maximum Gasteiger partial charge on any atom is 0.278 e. The molecule has 2 aliphatic carbocycles. The van der Waals surface area contributed by atoms with Crippen molar-refractivity contribution in [2.75, 3.05) is 0 Å². The van der Waals surface area contributed by atoms with Gasteiger partial charge in [0.2, 0.25) is 0 Å². The van der Waals surface area contributed by atoms with E-state index in [1.165, 1.54) is 29.9 Å². The first kappa shape index (κ1) is 13.6. The first-order valence-electron chi connectivity index (χ1n) is 7.54. The smallest absolute Gasteiger partial charge is 0.278 e. The molecular formula is C16H22FN2O+. The van der Waals surface area contributed by atoms with E-state index in [1.54, 1.807) is 0 Å². The Kier molecular flexibility index (Phi) is 3.74. The predicted octanol–water partition coefficient (Wildman–Crippen LogP) is 1.04. The Hall–Kier alpha value is -1.42. The van der Waals surface area contributed by atoms with Crippen LogP contribution in [0, 0.1) is 5.82 Å². The number of hydrogen-bond donors (Lipinski definition) is 2. The summed E-state index contributed by atoms with van der Waals surface area (Å²) in [6.07, 6.45) is 4.62. The molecule has 0 aliphatic heterocycles. The average Bonchev–Trinajstić information content (AvgIpc) is 3.30. The molecule has 2 atom stereocenters. The molecule has 0 bridgehead atoms. The Morgan fingerprint density at radius 3 is 2.50 bits per heavy atom. The standard InChI is InChI=1S/C16H21FN2O/c1-11(16(20)18-14-6-7-14)19(15-8-9-15)10-12-2-4-13(17)5-3-12/h2-5,11,14-15H,6-10H2,1H3,(H,18,20)/p+1/t11-/m0/s1. The van der Waals surface area contributed by atoms with Gasteiger partial charge >= 0.3 is 0 Å². The highest BCUT2D eigenvalue weighted by atomic mass is 19.1. The molecule has 2 fully saturated rings. The van der Waals surface area contributed by atoms with Gasteiger partial charge in [-0.05, 0) is 31.9 Å². The van der Waals surface area contributed by atoms with Gasteiger partial charge < -0.3 is 10.2 Å². The average molecular weight is 277 g/mol. The number of nitrogens with one attached hydrogen (secondary N) is 2. The summed E-state index contributed by atoms with van der Waals surface area (Å²) in [5.41, 5.74) is 1.10. The highest BCUT2D eigenvalue weighted by molar-refractivity contribution is 5.80. The zero-order valence-corrected chi connectivity index (χ0v) is 11.9. The van der Waals surface area contributed by atoms with Crippen molar-refractivity contribution in [1.82, 2.24) is 5.32 Å². The van der Waals surface area contributed by atoms with Crippen LogP contribution in [-0.2, 0) is 11.3 Å². The van der Waals surface area contributed by atoms with Crippen LogP contribution in [0.3, 0.4) is 0 Å². The summed E-state index contributed by atoms with van der Waals surface area (Å²) >= 11 is 0. The minimum atomic E-state index is -0.207. The largest absolute Gasteiger partial charge is 0.348 e. The zero-order chi connectivity index (χ0) is 14.1. The predicted molar refractivity (Wildman–Crippen MR) is 74.7 cm³/mol. The number of rotatable bonds is 6. The Morgan fingerprint density at radius 2 is 1.95 bits per heavy atom. The Morgan fingerprint density at radius 1 is 1.30 bits per heavy atom. The van der Waals surface area contributed by atoms with Gasteiger partial charge in [0.15, 0.2) is 6.04 Å². The molecule has 1 aromatic rings. The molecule has 2 N–H and O–H groups in total. The van der Waals surface area contributed by atoms with E-state index in [0.29, 0.717) is 12.1 Å². The topological polar surface area (TPSA) is 33.5 Å². The maximum atomic E-state index is 13.0. The van der Waals surface area contributed by atoms with Crippen molar-refractivity contribution >= 4 is 5.91 Å². The zero-order valence-electron chi connectivity index (χ0n) is 11.9. The van der Waals surface area contributed by atoms with Crippen LogP contribution in [0.5, 0.6) is 0 Å². The van der Waals surface area contributed by atoms with E-state index in [9.17, 15) is 9.18 Å². The van der Waals surface area contributed by atoms with E-state index in [4.69, 9.17) is 0 Å². The highest BCUT2D eigenvalue weighted by Crippen LogP contribution is 2.19. The van der Waals surface area contributed by atoms with Crippen LogP contribution in [0.2, 0.25) is 0 Å². The van der Waals surface area contributed by atoms with Gasteiger partial charge in [-0.2, -0.15) is 0 Å². The number of benzene rings is 1. The molecule has 1 amide bonds. The molecule has 4 heteroatoms. The number of hydrogen-bond acceptors (Lipinski definition) is 1. The summed E-state index contributed by atoms with van der Waals surface area (Å²) in [4.78, 5) is 13.5. The molecule has 0 aromatic heterocycles. The molecule has 0 spiro atoms. The summed E-state index contributed by atoms with van der Waals surface area (Å²) in [5, 5.41) is 3.09. The number of carbonyl (C=O) groups excluding carboxylic acids is 1. The molecule has 1 unspecified atom stereocenters. The van der Waals surface area contributed by atoms with E-state index in [0.717, 1.165) is 24.9 Å². The van der Waals surface area contributed by atoms with Gasteiger partial charge in [-0.1, -0.05) is 12.1 Å². The Balaban J connectivity index is 1.65. The third-order valence-electron chi connectivity index (χ3n) is 4.30. The van der Waals surface area contributed by atoms with Crippen LogP contribution in [0.4, 0.5) is 4.39 Å². The Labute approximate surface area is 119 Å². The maximum absolute atomic E-state index is 13.0. The lowest BCUT2D eigenvalue weighted by Crippen LogP contribution is -3.16. The van der Waals surface area contributed by atoms with Gasteiger partial charge in [0, 0.05) is 24.4 Å². The first-order chi connectivity index (χ1) is 9.63. The molecule has 20 heavy (non-hydrogen) atoms. The third kappa shape index (κ3) is 3.37. The highest BCUT2D eigenvalue weighted by Gasteiger charge is 2.40. The second-order valence-corrected chi connectivity index (χ2v) is 6.16. The van der Waals surface area contributed by atoms with Crippen molar-refractivity contribution in [3.8, 4) is 0 Å². The van der Waals surface area contributed by atoms with Crippen molar-refractivity contribution in [3.05, 3.63) is 35.6 Å². The molecule has 0 saturated heterocycles. The van der Waals surface area contributed by atoms with Crippen LogP contribution in [-0.4, -0.2) is 24.0 Å². The van der Waals surface area contributed by atoms with Gasteiger partial charge in [-0.25, -0.2) is 4.39 Å². The minimum Gasteiger partial charge on any atom is -0.348 e. The number of quaternary nitrogens is 1. The normalized spacial score (nSPS) is 21.3. The molecular weight excluding hydrogens is 255 g/mol. The van der Waals surface area contributed by atoms with E-state index < -0.39 is 0 Å². The second-order valence-electron chi connectivity index (χ2n) is 6.16. The van der Waals surface area contributed by atoms with Crippen LogP contribution >= 0.6 is 0 Å². The summed E-state index contributed by atoms with van der Waals surface area (Å²) in [5.74, 6) is -0.0437. The fourth-order valence-corrected chi connectivity index (χ4v) is 2.67. The molecule has 1 aromatic carbocycles. The van der Waals surface area contributed by atoms with Crippen molar-refractivity contribution in [2.24, 2.45) is 0 Å². The monoisotopic (exact) mass is 277 g/mol. The Bertz CT molecular complexity index is 480. The van der Waals surface area contributed by atoms with Crippen molar-refractivity contribution in [3.63, 3.8) is 0 Å². The fourth-order valence-electron chi connectivity index (χ4n) is 2.67. The minimum absolute atomic E-state index is 0.0341. The molecule has 0 heterocycles. The fraction of sp³-hybridized carbons (Fsp3) is 0.562. The van der Waals surface area contributed by atoms with Crippen LogP contribution in [0.1, 0.15) is 38.2 Å². The summed E-state index contributed by atoms with van der Waals surface area (Å²) in [6.45, 7) is 2.80. The third-order valence-corrected chi connectivity index (χ3v) is 4.30. The molecule has 3 nitrogen and oxygen atoms in total. The second kappa shape index (κ2) is 5.52. The van der Waals surface area contributed by atoms with Gasteiger partial charge in [0.25, 0.3) is 5.91 Å². The molecule has 3 rings (SSSR count). The number of halogens is 1. The van der Waals surface area contributed by atoms with E-state index >= 15 is 0 Å². The molecule has 108 valence electrons. The lowest BCUT2D eigenvalue weighted by atomic mass is 10.1. The van der Waals surface area contributed by atoms with Crippen molar-refractivity contribution < 1.29 is 14.1 Å². The number of carbonyl (C=O) groups is 1. The first-order valence-corrected chi connectivity index (χ1v) is 7.54. The summed E-state index contributed by atoms with van der Waals surface area (Å²) < 4.78 is 13.0. The van der Waals surface area contributed by atoms with E-state index in [1.807, 2.05) is 19.1 Å². The van der Waals surface area contributed by atoms with E-state index in [2.05, 4.69) is 5.32 Å².